The zero-order valence-corrected chi connectivity index (χ0v) is 22.6. The van der Waals surface area contributed by atoms with Gasteiger partial charge in [0.1, 0.15) is 24.4 Å². The van der Waals surface area contributed by atoms with E-state index in [-0.39, 0.29) is 52.6 Å². The second-order valence-electron chi connectivity index (χ2n) is 10.7. The molecule has 2 aromatic rings. The van der Waals surface area contributed by atoms with Gasteiger partial charge in [0, 0.05) is 28.7 Å². The molecule has 7 atom stereocenters. The summed E-state index contributed by atoms with van der Waals surface area (Å²) in [5.41, 5.74) is 11.7. The Morgan fingerprint density at radius 1 is 1.00 bits per heavy atom. The molecular formula is C29H35N3O9. The Morgan fingerprint density at radius 3 is 2.39 bits per heavy atom. The first-order valence-corrected chi connectivity index (χ1v) is 13.8. The number of aliphatic imine (C=N–C) groups is 1. The van der Waals surface area contributed by atoms with Crippen LogP contribution in [0.15, 0.2) is 35.3 Å². The normalized spacial score (nSPS) is 29.3. The molecule has 1 aliphatic carbocycles. The second kappa shape index (κ2) is 11.7. The van der Waals surface area contributed by atoms with Crippen molar-refractivity contribution in [1.82, 2.24) is 0 Å². The number of ether oxygens (including phenoxy) is 3. The second-order valence-corrected chi connectivity index (χ2v) is 10.7. The molecule has 12 heteroatoms. The summed E-state index contributed by atoms with van der Waals surface area (Å²) in [6.07, 6.45) is -4.49. The Bertz CT molecular complexity index is 1360. The molecule has 2 bridgehead atoms. The maximum absolute atomic E-state index is 13.6. The van der Waals surface area contributed by atoms with E-state index in [9.17, 15) is 30.0 Å². The number of phenolic OH excluding ortho intramolecular Hbond substituents is 1. The lowest BCUT2D eigenvalue weighted by molar-refractivity contribution is -0.281. The van der Waals surface area contributed by atoms with Crippen LogP contribution in [0.1, 0.15) is 82.5 Å². The van der Waals surface area contributed by atoms with Gasteiger partial charge in [-0.15, -0.1) is 0 Å². The van der Waals surface area contributed by atoms with Gasteiger partial charge in [0.2, 0.25) is 6.29 Å². The standard InChI is InChI=1S/C29H35N3O9/c1-2-3-4-7-13-10-18(32-29(30)31)16-11-17-20(22(34)15-9-6-5-8-14(15)21(17)33)24(36)27(16)41-28-26(38)25(37)23(35)19(40-28)12-39-13/h5-6,8-9,11,13,18-19,23,25-26,28,35-38H,2-4,7,10,12H2,1H3,(H4,30,31,32)/t13-,18+,19-,23-,25+,26-,28-/m0/s1. The van der Waals surface area contributed by atoms with Crippen LogP contribution in [0.3, 0.4) is 0 Å². The molecular weight excluding hydrogens is 534 g/mol. The van der Waals surface area contributed by atoms with Gasteiger partial charge in [-0.05, 0) is 12.5 Å². The molecule has 41 heavy (non-hydrogen) atoms. The van der Waals surface area contributed by atoms with Crippen molar-refractivity contribution in [2.45, 2.75) is 81.9 Å². The molecule has 0 aromatic heterocycles. The molecule has 220 valence electrons. The first-order valence-electron chi connectivity index (χ1n) is 13.8. The number of unbranched alkanes of at least 4 members (excludes halogenated alkanes) is 2. The number of phenols is 1. The topological polar surface area (TPSA) is 207 Å². The predicted octanol–water partition coefficient (Wildman–Crippen LogP) is 1.04. The molecule has 5 rings (SSSR count). The van der Waals surface area contributed by atoms with Crippen LogP contribution in [0.25, 0.3) is 0 Å². The number of hydrogen-bond donors (Lipinski definition) is 6. The Hall–Kier alpha value is -3.55. The highest BCUT2D eigenvalue weighted by Crippen LogP contribution is 2.46. The van der Waals surface area contributed by atoms with Crippen LogP contribution in [0.4, 0.5) is 0 Å². The van der Waals surface area contributed by atoms with Crippen LogP contribution < -0.4 is 16.2 Å². The van der Waals surface area contributed by atoms with E-state index < -0.39 is 60.2 Å². The highest BCUT2D eigenvalue weighted by molar-refractivity contribution is 6.29. The number of carbonyl (C=O) groups is 2. The summed E-state index contributed by atoms with van der Waals surface area (Å²) in [4.78, 5) is 31.4. The van der Waals surface area contributed by atoms with Gasteiger partial charge < -0.3 is 46.1 Å². The summed E-state index contributed by atoms with van der Waals surface area (Å²) in [6, 6.07) is 6.79. The third kappa shape index (κ3) is 5.41. The fourth-order valence-electron chi connectivity index (χ4n) is 5.68. The monoisotopic (exact) mass is 569 g/mol. The van der Waals surface area contributed by atoms with E-state index in [1.807, 2.05) is 0 Å². The van der Waals surface area contributed by atoms with E-state index >= 15 is 0 Å². The smallest absolute Gasteiger partial charge is 0.229 e. The number of ketones is 2. The molecule has 2 aromatic carbocycles. The van der Waals surface area contributed by atoms with Gasteiger partial charge in [-0.2, -0.15) is 0 Å². The van der Waals surface area contributed by atoms with Crippen molar-refractivity contribution in [3.05, 3.63) is 58.1 Å². The zero-order valence-electron chi connectivity index (χ0n) is 22.6. The molecule has 0 spiro atoms. The Kier molecular flexibility index (Phi) is 8.30. The number of aliphatic hydroxyl groups excluding tert-OH is 3. The first kappa shape index (κ1) is 29.0. The molecule has 0 radical (unpaired) electrons. The van der Waals surface area contributed by atoms with Gasteiger partial charge in [-0.1, -0.05) is 50.5 Å². The van der Waals surface area contributed by atoms with E-state index in [4.69, 9.17) is 25.7 Å². The number of nitrogens with two attached hydrogens (primary N) is 2. The van der Waals surface area contributed by atoms with Gasteiger partial charge in [-0.25, -0.2) is 4.99 Å². The molecule has 2 aliphatic heterocycles. The number of guanidine groups is 1. The summed E-state index contributed by atoms with van der Waals surface area (Å²) in [5.74, 6) is -2.29. The van der Waals surface area contributed by atoms with Crippen molar-refractivity contribution in [3.8, 4) is 11.5 Å². The Labute approximate surface area is 236 Å². The lowest BCUT2D eigenvalue weighted by atomic mass is 9.81. The number of nitrogens with zero attached hydrogens (tertiary/aromatic N) is 1. The lowest BCUT2D eigenvalue weighted by Gasteiger charge is -2.40. The number of benzene rings is 2. The van der Waals surface area contributed by atoms with Gasteiger partial charge in [0.15, 0.2) is 29.0 Å². The number of hydrogen-bond acceptors (Lipinski definition) is 10. The molecule has 2 heterocycles. The summed E-state index contributed by atoms with van der Waals surface area (Å²) in [5, 5.41) is 43.4. The van der Waals surface area contributed by atoms with Crippen LogP contribution in [-0.2, 0) is 9.47 Å². The largest absolute Gasteiger partial charge is 0.504 e. The highest BCUT2D eigenvalue weighted by Gasteiger charge is 2.47. The number of aromatic hydroxyl groups is 1. The average Bonchev–Trinajstić information content (AvgIpc) is 2.97. The average molecular weight is 570 g/mol. The number of fused-ring (bicyclic) bond motifs is 5. The maximum atomic E-state index is 13.6. The summed E-state index contributed by atoms with van der Waals surface area (Å²) < 4.78 is 17.9. The van der Waals surface area contributed by atoms with E-state index in [1.165, 1.54) is 18.2 Å². The lowest BCUT2D eigenvalue weighted by Crippen LogP contribution is -2.60. The zero-order chi connectivity index (χ0) is 29.4. The quantitative estimate of drug-likeness (QED) is 0.145. The Morgan fingerprint density at radius 2 is 1.71 bits per heavy atom. The predicted molar refractivity (Wildman–Crippen MR) is 146 cm³/mol. The number of carbonyl (C=O) groups excluding carboxylic acids is 2. The van der Waals surface area contributed by atoms with E-state index in [0.29, 0.717) is 6.42 Å². The van der Waals surface area contributed by atoms with Crippen molar-refractivity contribution in [2.75, 3.05) is 6.61 Å². The molecule has 1 fully saturated rings. The van der Waals surface area contributed by atoms with Gasteiger partial charge in [0.25, 0.3) is 0 Å². The van der Waals surface area contributed by atoms with E-state index in [1.54, 1.807) is 12.1 Å². The molecule has 0 amide bonds. The highest BCUT2D eigenvalue weighted by atomic mass is 16.7. The summed E-state index contributed by atoms with van der Waals surface area (Å²) in [6.45, 7) is 1.93. The van der Waals surface area contributed by atoms with Crippen LogP contribution in [-0.4, -0.2) is 81.4 Å². The minimum absolute atomic E-state index is 0.0545. The fraction of sp³-hybridized carbons (Fsp3) is 0.483. The van der Waals surface area contributed by atoms with Crippen molar-refractivity contribution >= 4 is 17.5 Å². The summed E-state index contributed by atoms with van der Waals surface area (Å²) in [7, 11) is 0. The van der Waals surface area contributed by atoms with Gasteiger partial charge >= 0.3 is 0 Å². The van der Waals surface area contributed by atoms with Crippen molar-refractivity contribution in [1.29, 1.82) is 0 Å². The van der Waals surface area contributed by atoms with E-state index in [0.717, 1.165) is 19.3 Å². The van der Waals surface area contributed by atoms with Crippen molar-refractivity contribution in [3.63, 3.8) is 0 Å². The van der Waals surface area contributed by atoms with Crippen molar-refractivity contribution in [2.24, 2.45) is 16.5 Å². The molecule has 3 aliphatic rings. The van der Waals surface area contributed by atoms with Crippen LogP contribution in [0.5, 0.6) is 11.5 Å². The van der Waals surface area contributed by atoms with E-state index in [2.05, 4.69) is 11.9 Å². The molecule has 0 saturated carbocycles. The number of rotatable bonds is 5. The summed E-state index contributed by atoms with van der Waals surface area (Å²) >= 11 is 0. The van der Waals surface area contributed by atoms with Gasteiger partial charge in [-0.3, -0.25) is 9.59 Å². The first-order chi connectivity index (χ1) is 19.6. The minimum atomic E-state index is -1.73. The van der Waals surface area contributed by atoms with Crippen LogP contribution >= 0.6 is 0 Å². The third-order valence-corrected chi connectivity index (χ3v) is 7.85. The third-order valence-electron chi connectivity index (χ3n) is 7.85. The molecule has 8 N–H and O–H groups in total. The van der Waals surface area contributed by atoms with Crippen LogP contribution in [0, 0.1) is 0 Å². The molecule has 0 unspecified atom stereocenters. The molecule has 1 saturated heterocycles. The molecule has 12 nitrogen and oxygen atoms in total. The van der Waals surface area contributed by atoms with Gasteiger partial charge in [0.05, 0.1) is 24.3 Å². The Balaban J connectivity index is 1.70. The number of aliphatic hydroxyl groups is 3. The van der Waals surface area contributed by atoms with Crippen LogP contribution in [0.2, 0.25) is 0 Å². The van der Waals surface area contributed by atoms with Crippen molar-refractivity contribution < 1.29 is 44.2 Å². The minimum Gasteiger partial charge on any atom is -0.504 e. The maximum Gasteiger partial charge on any atom is 0.229 e. The SMILES string of the molecule is CCCCC[C@H]1C[C@@H](N=C(N)N)c2cc3c(c(O)c2O[C@@H]2O[C@@H](CO1)[C@H](O)[C@@H](O)[C@@H]2O)C(=O)c1ccccc1C3=O. The fourth-order valence-corrected chi connectivity index (χ4v) is 5.68.